The summed E-state index contributed by atoms with van der Waals surface area (Å²) >= 11 is 2.15. The van der Waals surface area contributed by atoms with Crippen LogP contribution in [0.1, 0.15) is 13.3 Å². The molecule has 0 aromatic carbocycles. The van der Waals surface area contributed by atoms with Crippen LogP contribution in [-0.2, 0) is 20.4 Å². The fraction of sp³-hybridized carbons (Fsp3) is 0.200. The molecule has 1 aliphatic rings. The molecule has 1 rings (SSSR count). The monoisotopic (exact) mass is 179 g/mol. The third-order valence-corrected chi connectivity index (χ3v) is 2.33. The Hall–Kier alpha value is -0.326. The predicted molar refractivity (Wildman–Crippen MR) is 44.7 cm³/mol. The Kier molecular flexibility index (Phi) is 3.61. The van der Waals surface area contributed by atoms with Gasteiger partial charge in [-0.1, -0.05) is 0 Å². The molecule has 1 aliphatic carbocycles. The van der Waals surface area contributed by atoms with Crippen LogP contribution in [0.15, 0.2) is 45.9 Å². The topological polar surface area (TPSA) is 0 Å². The molecule has 0 fully saturated rings. The van der Waals surface area contributed by atoms with Gasteiger partial charge < -0.3 is 0 Å². The van der Waals surface area contributed by atoms with Crippen LogP contribution in [0.2, 0.25) is 0 Å². The second-order valence-corrected chi connectivity index (χ2v) is 3.27. The molecular formula is C10H11Ti. The molecule has 0 spiro atoms. The Morgan fingerprint density at radius 3 is 3.00 bits per heavy atom. The van der Waals surface area contributed by atoms with Crippen LogP contribution in [0.5, 0.6) is 0 Å². The van der Waals surface area contributed by atoms with Crippen molar-refractivity contribution in [1.82, 2.24) is 0 Å². The summed E-state index contributed by atoms with van der Waals surface area (Å²) in [5.74, 6) is 0. The SMILES string of the molecule is CC=CC=[C]([Ti])C1=CC=CC1. The Morgan fingerprint density at radius 1 is 1.64 bits per heavy atom. The minimum absolute atomic E-state index is 1.10. The molecule has 0 saturated carbocycles. The first-order valence-electron chi connectivity index (χ1n) is 3.75. The maximum absolute atomic E-state index is 2.18. The zero-order valence-corrected chi connectivity index (χ0v) is 8.23. The first-order valence-corrected chi connectivity index (χ1v) is 4.53. The molecule has 55 valence electrons. The van der Waals surface area contributed by atoms with E-state index in [1.807, 2.05) is 13.0 Å². The number of hydrogen-bond acceptors (Lipinski definition) is 0. The van der Waals surface area contributed by atoms with Gasteiger partial charge in [-0.05, 0) is 0 Å². The van der Waals surface area contributed by atoms with Crippen LogP contribution < -0.4 is 0 Å². The number of hydrogen-bond donors (Lipinski definition) is 0. The van der Waals surface area contributed by atoms with Crippen molar-refractivity contribution in [3.63, 3.8) is 0 Å². The summed E-state index contributed by atoms with van der Waals surface area (Å²) in [6.45, 7) is 2.03. The third-order valence-electron chi connectivity index (χ3n) is 1.57. The molecule has 0 heterocycles. The average Bonchev–Trinajstić information content (AvgIpc) is 2.52. The zero-order chi connectivity index (χ0) is 8.10. The summed E-state index contributed by atoms with van der Waals surface area (Å²) in [5.41, 5.74) is 1.43. The van der Waals surface area contributed by atoms with Gasteiger partial charge in [0.15, 0.2) is 0 Å². The van der Waals surface area contributed by atoms with E-state index in [1.54, 1.807) is 0 Å². The predicted octanol–water partition coefficient (Wildman–Crippen LogP) is 2.88. The van der Waals surface area contributed by atoms with E-state index < -0.39 is 0 Å². The summed E-state index contributed by atoms with van der Waals surface area (Å²) in [6.07, 6.45) is 13.8. The van der Waals surface area contributed by atoms with Crippen LogP contribution in [-0.4, -0.2) is 0 Å². The van der Waals surface area contributed by atoms with E-state index >= 15 is 0 Å². The molecule has 1 heteroatoms. The second kappa shape index (κ2) is 4.53. The van der Waals surface area contributed by atoms with Gasteiger partial charge in [0.2, 0.25) is 0 Å². The molecule has 0 amide bonds. The van der Waals surface area contributed by atoms with Gasteiger partial charge in [-0.25, -0.2) is 0 Å². The summed E-state index contributed by atoms with van der Waals surface area (Å²) in [6, 6.07) is 0. The third kappa shape index (κ3) is 2.65. The van der Waals surface area contributed by atoms with Crippen molar-refractivity contribution in [2.45, 2.75) is 13.3 Å². The fourth-order valence-corrected chi connectivity index (χ4v) is 1.39. The molecule has 0 unspecified atom stereocenters. The van der Waals surface area contributed by atoms with Crippen LogP contribution in [0.25, 0.3) is 0 Å². The van der Waals surface area contributed by atoms with Crippen molar-refractivity contribution < 1.29 is 20.4 Å². The van der Waals surface area contributed by atoms with Gasteiger partial charge in [0.05, 0.1) is 0 Å². The Labute approximate surface area is 79.8 Å². The molecule has 0 N–H and O–H groups in total. The molecule has 0 radical (unpaired) electrons. The standard InChI is InChI=1S/C10H11.Ti/c1-2-3-4-7-10-8-5-6-9-10;/h2-6,8H,9H2,1H3;. The first-order chi connectivity index (χ1) is 5.34. The zero-order valence-electron chi connectivity index (χ0n) is 6.67. The van der Waals surface area contributed by atoms with E-state index in [0.29, 0.717) is 0 Å². The van der Waals surface area contributed by atoms with E-state index in [2.05, 4.69) is 50.8 Å². The maximum atomic E-state index is 2.18. The van der Waals surface area contributed by atoms with Gasteiger partial charge in [0.25, 0.3) is 0 Å². The number of allylic oxidation sites excluding steroid dienone is 8. The van der Waals surface area contributed by atoms with Crippen molar-refractivity contribution in [3.05, 3.63) is 45.9 Å². The summed E-state index contributed by atoms with van der Waals surface area (Å²) < 4.78 is 1.37. The van der Waals surface area contributed by atoms with Crippen LogP contribution in [0, 0.1) is 0 Å². The minimum atomic E-state index is 1.10. The van der Waals surface area contributed by atoms with Gasteiger partial charge in [-0.15, -0.1) is 0 Å². The van der Waals surface area contributed by atoms with Crippen molar-refractivity contribution in [3.8, 4) is 0 Å². The van der Waals surface area contributed by atoms with Crippen molar-refractivity contribution in [2.24, 2.45) is 0 Å². The van der Waals surface area contributed by atoms with Crippen molar-refractivity contribution in [1.29, 1.82) is 0 Å². The molecule has 0 aliphatic heterocycles. The Morgan fingerprint density at radius 2 is 2.45 bits per heavy atom. The van der Waals surface area contributed by atoms with Gasteiger partial charge in [0.1, 0.15) is 0 Å². The number of rotatable bonds is 2. The van der Waals surface area contributed by atoms with Gasteiger partial charge in [-0.3, -0.25) is 0 Å². The summed E-state index contributed by atoms with van der Waals surface area (Å²) in [7, 11) is 0. The fourth-order valence-electron chi connectivity index (χ4n) is 0.946. The van der Waals surface area contributed by atoms with Crippen molar-refractivity contribution >= 4 is 0 Å². The molecule has 0 saturated heterocycles. The molecule has 0 nitrogen and oxygen atoms in total. The van der Waals surface area contributed by atoms with E-state index in [9.17, 15) is 0 Å². The van der Waals surface area contributed by atoms with Gasteiger partial charge in [-0.2, -0.15) is 0 Å². The Bertz CT molecular complexity index is 242. The van der Waals surface area contributed by atoms with E-state index in [1.165, 1.54) is 9.45 Å². The van der Waals surface area contributed by atoms with Crippen LogP contribution in [0.4, 0.5) is 0 Å². The molecular weight excluding hydrogens is 168 g/mol. The van der Waals surface area contributed by atoms with E-state index in [0.717, 1.165) is 6.42 Å². The molecule has 0 aromatic rings. The van der Waals surface area contributed by atoms with Crippen LogP contribution in [0.3, 0.4) is 0 Å². The first kappa shape index (κ1) is 8.77. The van der Waals surface area contributed by atoms with Gasteiger partial charge in [0, 0.05) is 0 Å². The van der Waals surface area contributed by atoms with E-state index in [-0.39, 0.29) is 0 Å². The van der Waals surface area contributed by atoms with Crippen LogP contribution >= 0.6 is 0 Å². The normalized spacial score (nSPS) is 17.8. The van der Waals surface area contributed by atoms with E-state index in [4.69, 9.17) is 0 Å². The van der Waals surface area contributed by atoms with Crippen molar-refractivity contribution in [2.75, 3.05) is 0 Å². The molecule has 0 bridgehead atoms. The second-order valence-electron chi connectivity index (χ2n) is 2.43. The summed E-state index contributed by atoms with van der Waals surface area (Å²) in [5, 5.41) is 0. The summed E-state index contributed by atoms with van der Waals surface area (Å²) in [4.78, 5) is 0. The quantitative estimate of drug-likeness (QED) is 0.451. The average molecular weight is 179 g/mol. The van der Waals surface area contributed by atoms with Gasteiger partial charge >= 0.3 is 79.7 Å². The Balaban J connectivity index is 2.61. The molecule has 11 heavy (non-hydrogen) atoms. The molecule has 0 atom stereocenters. The molecule has 0 aromatic heterocycles.